The van der Waals surface area contributed by atoms with Crippen molar-refractivity contribution in [2.24, 2.45) is 23.5 Å². The average molecular weight is 295 g/mol. The first-order valence-electron chi connectivity index (χ1n) is 9.20. The first kappa shape index (κ1) is 15.8. The first-order chi connectivity index (χ1) is 10.2. The molecule has 2 N–H and O–H groups in total. The number of rotatable bonds is 3. The molecule has 0 aromatic heterocycles. The second-order valence-electron chi connectivity index (χ2n) is 7.68. The maximum absolute atomic E-state index is 6.74. The molecule has 3 rings (SSSR count). The van der Waals surface area contributed by atoms with Crippen molar-refractivity contribution in [2.45, 2.75) is 76.4 Å². The highest BCUT2D eigenvalue weighted by molar-refractivity contribution is 4.94. The molecule has 3 heteroatoms. The lowest BCUT2D eigenvalue weighted by Crippen LogP contribution is -2.50. The van der Waals surface area contributed by atoms with Gasteiger partial charge in [0.25, 0.3) is 0 Å². The van der Waals surface area contributed by atoms with Crippen molar-refractivity contribution in [1.82, 2.24) is 0 Å². The van der Waals surface area contributed by atoms with Gasteiger partial charge in [0.2, 0.25) is 0 Å². The predicted octanol–water partition coefficient (Wildman–Crippen LogP) is 3.51. The number of nitrogens with two attached hydrogens (primary N) is 1. The molecule has 4 unspecified atom stereocenters. The number of hydrogen-bond acceptors (Lipinski definition) is 3. The molecule has 21 heavy (non-hydrogen) atoms. The molecule has 122 valence electrons. The minimum atomic E-state index is 0.0949. The summed E-state index contributed by atoms with van der Waals surface area (Å²) in [5, 5.41) is 0. The predicted molar refractivity (Wildman–Crippen MR) is 85.2 cm³/mol. The van der Waals surface area contributed by atoms with Gasteiger partial charge in [-0.1, -0.05) is 26.2 Å². The maximum atomic E-state index is 6.74. The summed E-state index contributed by atoms with van der Waals surface area (Å²) >= 11 is 0. The molecule has 3 fully saturated rings. The fourth-order valence-corrected chi connectivity index (χ4v) is 4.92. The highest BCUT2D eigenvalue weighted by Gasteiger charge is 2.42. The third-order valence-electron chi connectivity index (χ3n) is 6.42. The largest absolute Gasteiger partial charge is 0.381 e. The Morgan fingerprint density at radius 3 is 2.67 bits per heavy atom. The molecule has 0 amide bonds. The van der Waals surface area contributed by atoms with Crippen molar-refractivity contribution in [3.05, 3.63) is 0 Å². The quantitative estimate of drug-likeness (QED) is 0.866. The summed E-state index contributed by atoms with van der Waals surface area (Å²) < 4.78 is 11.7. The molecule has 1 spiro atoms. The second-order valence-corrected chi connectivity index (χ2v) is 7.68. The highest BCUT2D eigenvalue weighted by Crippen LogP contribution is 2.42. The Hall–Kier alpha value is -0.120. The number of ether oxygens (including phenoxy) is 2. The van der Waals surface area contributed by atoms with E-state index in [-0.39, 0.29) is 5.60 Å². The Morgan fingerprint density at radius 2 is 1.90 bits per heavy atom. The van der Waals surface area contributed by atoms with Crippen molar-refractivity contribution >= 4 is 0 Å². The molecule has 2 saturated heterocycles. The van der Waals surface area contributed by atoms with Gasteiger partial charge in [-0.15, -0.1) is 0 Å². The van der Waals surface area contributed by atoms with Crippen LogP contribution in [0.25, 0.3) is 0 Å². The van der Waals surface area contributed by atoms with E-state index in [4.69, 9.17) is 15.2 Å². The van der Waals surface area contributed by atoms with Gasteiger partial charge < -0.3 is 15.2 Å². The highest BCUT2D eigenvalue weighted by atomic mass is 16.5. The van der Waals surface area contributed by atoms with E-state index in [0.29, 0.717) is 12.0 Å². The second kappa shape index (κ2) is 6.97. The van der Waals surface area contributed by atoms with Gasteiger partial charge >= 0.3 is 0 Å². The minimum absolute atomic E-state index is 0.0949. The van der Waals surface area contributed by atoms with Gasteiger partial charge in [-0.25, -0.2) is 0 Å². The van der Waals surface area contributed by atoms with Crippen LogP contribution in [0.15, 0.2) is 0 Å². The fraction of sp³-hybridized carbons (Fsp3) is 1.00. The van der Waals surface area contributed by atoms with Crippen molar-refractivity contribution < 1.29 is 9.47 Å². The van der Waals surface area contributed by atoms with Crippen LogP contribution in [0.3, 0.4) is 0 Å². The van der Waals surface area contributed by atoms with E-state index in [1.54, 1.807) is 0 Å². The van der Waals surface area contributed by atoms with Crippen molar-refractivity contribution in [3.63, 3.8) is 0 Å². The van der Waals surface area contributed by atoms with Crippen molar-refractivity contribution in [2.75, 3.05) is 19.8 Å². The van der Waals surface area contributed by atoms with Crippen LogP contribution < -0.4 is 5.73 Å². The number of hydrogen-bond donors (Lipinski definition) is 1. The molecule has 0 bridgehead atoms. The van der Waals surface area contributed by atoms with E-state index < -0.39 is 0 Å². The third kappa shape index (κ3) is 3.62. The first-order valence-corrected chi connectivity index (χ1v) is 9.20. The Kier molecular flexibility index (Phi) is 5.23. The van der Waals surface area contributed by atoms with E-state index in [1.807, 2.05) is 0 Å². The maximum Gasteiger partial charge on any atom is 0.0729 e. The van der Waals surface area contributed by atoms with Crippen LogP contribution in [0.5, 0.6) is 0 Å². The summed E-state index contributed by atoms with van der Waals surface area (Å²) in [5.41, 5.74) is 6.84. The molecule has 4 atom stereocenters. The molecule has 1 aliphatic carbocycles. The zero-order chi connectivity index (χ0) is 14.7. The van der Waals surface area contributed by atoms with Gasteiger partial charge in [0.1, 0.15) is 0 Å². The monoisotopic (exact) mass is 295 g/mol. The third-order valence-corrected chi connectivity index (χ3v) is 6.42. The van der Waals surface area contributed by atoms with E-state index in [9.17, 15) is 0 Å². The van der Waals surface area contributed by atoms with E-state index >= 15 is 0 Å². The van der Waals surface area contributed by atoms with Gasteiger partial charge in [-0.3, -0.25) is 0 Å². The van der Waals surface area contributed by atoms with E-state index in [2.05, 4.69) is 6.92 Å². The molecular formula is C18H33NO2. The molecule has 3 aliphatic rings. The van der Waals surface area contributed by atoms with Crippen LogP contribution in [0, 0.1) is 17.8 Å². The van der Waals surface area contributed by atoms with Crippen LogP contribution >= 0.6 is 0 Å². The molecule has 2 heterocycles. The lowest BCUT2D eigenvalue weighted by atomic mass is 9.69. The fourth-order valence-electron chi connectivity index (χ4n) is 4.92. The summed E-state index contributed by atoms with van der Waals surface area (Å²) in [6.45, 7) is 4.97. The smallest absolute Gasteiger partial charge is 0.0729 e. The Bertz CT molecular complexity index is 322. The molecule has 3 nitrogen and oxygen atoms in total. The average Bonchev–Trinajstić information content (AvgIpc) is 2.55. The van der Waals surface area contributed by atoms with Gasteiger partial charge in [0.05, 0.1) is 5.60 Å². The van der Waals surface area contributed by atoms with Crippen molar-refractivity contribution in [3.8, 4) is 0 Å². The molecule has 0 aromatic carbocycles. The summed E-state index contributed by atoms with van der Waals surface area (Å²) in [4.78, 5) is 0. The molecule has 2 aliphatic heterocycles. The molecule has 0 radical (unpaired) electrons. The standard InChI is InChI=1S/C18H33NO2/c1-2-14-4-3-5-15(12-14)17(19)16-6-9-21-18(13-16)7-10-20-11-8-18/h14-17H,2-13,19H2,1H3. The van der Waals surface area contributed by atoms with Gasteiger partial charge in [0.15, 0.2) is 0 Å². The zero-order valence-corrected chi connectivity index (χ0v) is 13.7. The van der Waals surface area contributed by atoms with Crippen LogP contribution in [0.1, 0.15) is 64.7 Å². The summed E-state index contributed by atoms with van der Waals surface area (Å²) in [6, 6.07) is 0.392. The molecule has 0 aromatic rings. The zero-order valence-electron chi connectivity index (χ0n) is 13.7. The SMILES string of the molecule is CCC1CCCC(C(N)C2CCOC3(CCOCC3)C2)C1. The van der Waals surface area contributed by atoms with Crippen molar-refractivity contribution in [1.29, 1.82) is 0 Å². The Balaban J connectivity index is 1.59. The lowest BCUT2D eigenvalue weighted by molar-refractivity contribution is -0.151. The summed E-state index contributed by atoms with van der Waals surface area (Å²) in [6.07, 6.45) is 11.3. The molecule has 1 saturated carbocycles. The van der Waals surface area contributed by atoms with Crippen LogP contribution in [-0.2, 0) is 9.47 Å². The summed E-state index contributed by atoms with van der Waals surface area (Å²) in [7, 11) is 0. The van der Waals surface area contributed by atoms with Gasteiger partial charge in [-0.05, 0) is 56.3 Å². The van der Waals surface area contributed by atoms with E-state index in [0.717, 1.165) is 50.9 Å². The molecular weight excluding hydrogens is 262 g/mol. The van der Waals surface area contributed by atoms with Gasteiger partial charge in [0, 0.05) is 25.9 Å². The van der Waals surface area contributed by atoms with E-state index in [1.165, 1.54) is 38.5 Å². The van der Waals surface area contributed by atoms with Crippen LogP contribution in [0.2, 0.25) is 0 Å². The normalized spacial score (nSPS) is 38.3. The Morgan fingerprint density at radius 1 is 1.10 bits per heavy atom. The summed E-state index contributed by atoms with van der Waals surface area (Å²) in [5.74, 6) is 2.34. The lowest BCUT2D eigenvalue weighted by Gasteiger charge is -2.46. The van der Waals surface area contributed by atoms with Crippen LogP contribution in [0.4, 0.5) is 0 Å². The van der Waals surface area contributed by atoms with Gasteiger partial charge in [-0.2, -0.15) is 0 Å². The Labute approximate surface area is 129 Å². The topological polar surface area (TPSA) is 44.5 Å². The minimum Gasteiger partial charge on any atom is -0.381 e. The van der Waals surface area contributed by atoms with Crippen LogP contribution in [-0.4, -0.2) is 31.5 Å².